The number of nitrogens with zero attached hydrogens (tertiary/aromatic N) is 1. The standard InChI is InChI=1S/C9H6N3O3/c13-7-10-8(14)12(9(15)11-7)6-4-2-1-3-5-6/h2-5H,(H2,10,11,13,14,15). The van der Waals surface area contributed by atoms with Crippen LogP contribution in [0.2, 0.25) is 0 Å². The molecule has 1 aromatic carbocycles. The molecule has 0 saturated carbocycles. The molecule has 2 N–H and O–H groups in total. The van der Waals surface area contributed by atoms with E-state index in [1.807, 2.05) is 9.97 Å². The van der Waals surface area contributed by atoms with Crippen LogP contribution in [0.1, 0.15) is 0 Å². The molecule has 1 heterocycles. The maximum Gasteiger partial charge on any atom is 0.338 e. The molecule has 0 unspecified atom stereocenters. The van der Waals surface area contributed by atoms with E-state index in [1.54, 1.807) is 12.1 Å². The summed E-state index contributed by atoms with van der Waals surface area (Å²) in [7, 11) is 0. The van der Waals surface area contributed by atoms with Crippen LogP contribution in [0.4, 0.5) is 0 Å². The Balaban J connectivity index is 2.81. The van der Waals surface area contributed by atoms with Gasteiger partial charge in [0.15, 0.2) is 0 Å². The van der Waals surface area contributed by atoms with E-state index < -0.39 is 17.1 Å². The molecule has 0 bridgehead atoms. The smallest absolute Gasteiger partial charge is 0.258 e. The van der Waals surface area contributed by atoms with Gasteiger partial charge in [0.1, 0.15) is 0 Å². The molecule has 0 atom stereocenters. The number of hydrogen-bond acceptors (Lipinski definition) is 3. The minimum atomic E-state index is -0.816. The van der Waals surface area contributed by atoms with Crippen LogP contribution < -0.4 is 17.1 Å². The van der Waals surface area contributed by atoms with Crippen molar-refractivity contribution in [1.82, 2.24) is 14.5 Å². The summed E-state index contributed by atoms with van der Waals surface area (Å²) in [6.07, 6.45) is 0. The van der Waals surface area contributed by atoms with E-state index in [0.717, 1.165) is 4.57 Å². The van der Waals surface area contributed by atoms with Gasteiger partial charge in [0.05, 0.1) is 5.69 Å². The minimum absolute atomic E-state index is 0.372. The van der Waals surface area contributed by atoms with E-state index in [-0.39, 0.29) is 0 Å². The van der Waals surface area contributed by atoms with Crippen molar-refractivity contribution in [3.05, 3.63) is 61.8 Å². The first kappa shape index (κ1) is 9.20. The Morgan fingerprint density at radius 3 is 2.07 bits per heavy atom. The van der Waals surface area contributed by atoms with Gasteiger partial charge in [0.25, 0.3) is 0 Å². The second-order valence-electron chi connectivity index (χ2n) is 2.78. The van der Waals surface area contributed by atoms with Gasteiger partial charge in [-0.05, 0) is 18.2 Å². The molecule has 2 rings (SSSR count). The molecular weight excluding hydrogens is 198 g/mol. The number of hydrogen-bond donors (Lipinski definition) is 2. The number of aromatic nitrogens is 3. The number of aromatic amines is 2. The molecule has 6 nitrogen and oxygen atoms in total. The van der Waals surface area contributed by atoms with Crippen LogP contribution in [-0.2, 0) is 0 Å². The molecule has 6 heteroatoms. The topological polar surface area (TPSA) is 87.7 Å². The van der Waals surface area contributed by atoms with Gasteiger partial charge in [0, 0.05) is 0 Å². The first-order valence-electron chi connectivity index (χ1n) is 4.10. The van der Waals surface area contributed by atoms with E-state index >= 15 is 0 Å². The quantitative estimate of drug-likeness (QED) is 0.625. The normalized spacial score (nSPS) is 10.1. The monoisotopic (exact) mass is 204 g/mol. The Kier molecular flexibility index (Phi) is 2.09. The third-order valence-corrected chi connectivity index (χ3v) is 1.81. The van der Waals surface area contributed by atoms with Gasteiger partial charge in [-0.1, -0.05) is 12.1 Å². The average molecular weight is 204 g/mol. The first-order valence-corrected chi connectivity index (χ1v) is 4.10. The molecule has 0 fully saturated rings. The summed E-state index contributed by atoms with van der Waals surface area (Å²) in [6, 6.07) is 8.95. The highest BCUT2D eigenvalue weighted by Crippen LogP contribution is 1.98. The van der Waals surface area contributed by atoms with E-state index in [1.165, 1.54) is 12.1 Å². The Labute approximate surface area is 82.8 Å². The first-order chi connectivity index (χ1) is 7.18. The minimum Gasteiger partial charge on any atom is -0.258 e. The van der Waals surface area contributed by atoms with Gasteiger partial charge in [0.2, 0.25) is 0 Å². The fourth-order valence-corrected chi connectivity index (χ4v) is 1.19. The highest BCUT2D eigenvalue weighted by atomic mass is 16.2. The maximum absolute atomic E-state index is 11.3. The predicted octanol–water partition coefficient (Wildman–Crippen LogP) is -0.986. The van der Waals surface area contributed by atoms with Gasteiger partial charge >= 0.3 is 17.1 Å². The molecule has 1 aromatic heterocycles. The summed E-state index contributed by atoms with van der Waals surface area (Å²) in [4.78, 5) is 37.4. The second kappa shape index (κ2) is 3.41. The summed E-state index contributed by atoms with van der Waals surface area (Å²) >= 11 is 0. The lowest BCUT2D eigenvalue weighted by Crippen LogP contribution is -2.42. The van der Waals surface area contributed by atoms with Crippen molar-refractivity contribution < 1.29 is 0 Å². The van der Waals surface area contributed by atoms with Crippen LogP contribution in [0.25, 0.3) is 5.69 Å². The van der Waals surface area contributed by atoms with Crippen molar-refractivity contribution in [2.45, 2.75) is 0 Å². The summed E-state index contributed by atoms with van der Waals surface area (Å²) in [5.74, 6) is 0. The van der Waals surface area contributed by atoms with Gasteiger partial charge in [-0.2, -0.15) is 0 Å². The Bertz CT molecular complexity index is 602. The highest BCUT2D eigenvalue weighted by Gasteiger charge is 2.03. The second-order valence-corrected chi connectivity index (χ2v) is 2.78. The molecule has 1 radical (unpaired) electrons. The van der Waals surface area contributed by atoms with Crippen molar-refractivity contribution in [3.63, 3.8) is 0 Å². The van der Waals surface area contributed by atoms with Crippen molar-refractivity contribution >= 4 is 0 Å². The van der Waals surface area contributed by atoms with Crippen LogP contribution in [0.15, 0.2) is 38.6 Å². The Morgan fingerprint density at radius 2 is 1.53 bits per heavy atom. The molecule has 2 aromatic rings. The van der Waals surface area contributed by atoms with Crippen LogP contribution in [0, 0.1) is 6.07 Å². The van der Waals surface area contributed by atoms with Crippen LogP contribution in [-0.4, -0.2) is 14.5 Å². The third kappa shape index (κ3) is 1.64. The average Bonchev–Trinajstić information content (AvgIpc) is 2.17. The van der Waals surface area contributed by atoms with Gasteiger partial charge < -0.3 is 0 Å². The lowest BCUT2D eigenvalue weighted by atomic mass is 10.3. The highest BCUT2D eigenvalue weighted by molar-refractivity contribution is 5.29. The molecule has 0 aliphatic heterocycles. The molecular formula is C9H6N3O3. The zero-order chi connectivity index (χ0) is 10.8. The van der Waals surface area contributed by atoms with Gasteiger partial charge in [-0.25, -0.2) is 19.0 Å². The predicted molar refractivity (Wildman–Crippen MR) is 52.1 cm³/mol. The van der Waals surface area contributed by atoms with Crippen molar-refractivity contribution in [2.24, 2.45) is 0 Å². The SMILES string of the molecule is O=c1[nH]c(=O)n(-c2cc[c]cc2)c(=O)[nH]1. The van der Waals surface area contributed by atoms with Crippen molar-refractivity contribution in [2.75, 3.05) is 0 Å². The molecule has 0 aliphatic rings. The third-order valence-electron chi connectivity index (χ3n) is 1.81. The van der Waals surface area contributed by atoms with Crippen molar-refractivity contribution in [3.8, 4) is 5.69 Å². The molecule has 15 heavy (non-hydrogen) atoms. The number of benzene rings is 1. The number of rotatable bonds is 1. The van der Waals surface area contributed by atoms with E-state index in [4.69, 9.17) is 0 Å². The van der Waals surface area contributed by atoms with Crippen LogP contribution in [0.5, 0.6) is 0 Å². The van der Waals surface area contributed by atoms with E-state index in [9.17, 15) is 14.4 Å². The van der Waals surface area contributed by atoms with Crippen LogP contribution in [0.3, 0.4) is 0 Å². The zero-order valence-corrected chi connectivity index (χ0v) is 7.48. The van der Waals surface area contributed by atoms with Crippen LogP contribution >= 0.6 is 0 Å². The largest absolute Gasteiger partial charge is 0.338 e. The summed E-state index contributed by atoms with van der Waals surface area (Å²) in [6.45, 7) is 0. The van der Waals surface area contributed by atoms with Crippen molar-refractivity contribution in [1.29, 1.82) is 0 Å². The number of nitrogens with one attached hydrogen (secondary N) is 2. The number of H-pyrrole nitrogens is 2. The van der Waals surface area contributed by atoms with Gasteiger partial charge in [-0.15, -0.1) is 0 Å². The fraction of sp³-hybridized carbons (Fsp3) is 0. The molecule has 0 aliphatic carbocycles. The summed E-state index contributed by atoms with van der Waals surface area (Å²) in [5, 5.41) is 0. The molecule has 0 amide bonds. The van der Waals surface area contributed by atoms with E-state index in [0.29, 0.717) is 5.69 Å². The maximum atomic E-state index is 11.3. The fourth-order valence-electron chi connectivity index (χ4n) is 1.19. The molecule has 0 spiro atoms. The lowest BCUT2D eigenvalue weighted by molar-refractivity contribution is 0.784. The Morgan fingerprint density at radius 1 is 1.00 bits per heavy atom. The van der Waals surface area contributed by atoms with Gasteiger partial charge in [-0.3, -0.25) is 9.97 Å². The molecule has 75 valence electrons. The Hall–Kier alpha value is -2.37. The lowest BCUT2D eigenvalue weighted by Gasteiger charge is -2.00. The van der Waals surface area contributed by atoms with E-state index in [2.05, 4.69) is 6.07 Å². The summed E-state index contributed by atoms with van der Waals surface area (Å²) < 4.78 is 0.829. The molecule has 0 saturated heterocycles. The zero-order valence-electron chi connectivity index (χ0n) is 7.48. The summed E-state index contributed by atoms with van der Waals surface area (Å²) in [5.41, 5.74) is -1.98.